The summed E-state index contributed by atoms with van der Waals surface area (Å²) in [6.07, 6.45) is 27.0. The normalized spacial score (nSPS) is 21.9. The Morgan fingerprint density at radius 2 is 1.14 bits per heavy atom. The van der Waals surface area contributed by atoms with Crippen molar-refractivity contribution in [1.29, 1.82) is 0 Å². The average Bonchev–Trinajstić information content (AvgIpc) is 2.76. The molecule has 0 unspecified atom stereocenters. The van der Waals surface area contributed by atoms with E-state index in [0.29, 0.717) is 24.0 Å². The van der Waals surface area contributed by atoms with Crippen molar-refractivity contribution >= 4 is 5.97 Å². The summed E-state index contributed by atoms with van der Waals surface area (Å²) in [7, 11) is 4.04. The topological polar surface area (TPSA) is 69.6 Å². The van der Waals surface area contributed by atoms with Gasteiger partial charge in [0, 0.05) is 18.8 Å². The third-order valence-electron chi connectivity index (χ3n) is 7.57. The number of quaternary nitrogens is 1. The molecule has 0 aromatic heterocycles. The summed E-state index contributed by atoms with van der Waals surface area (Å²) < 4.78 is 6.36. The molecule has 2 atom stereocenters. The Kier molecular flexibility index (Phi) is 18.0. The van der Waals surface area contributed by atoms with Gasteiger partial charge in [-0.1, -0.05) is 129 Å². The molecule has 1 aliphatic heterocycles. The van der Waals surface area contributed by atoms with E-state index in [-0.39, 0.29) is 6.42 Å². The number of ether oxygens (including phenoxy) is 1. The van der Waals surface area contributed by atoms with Crippen LogP contribution in [0.5, 0.6) is 0 Å². The van der Waals surface area contributed by atoms with Crippen molar-refractivity contribution in [3.05, 3.63) is 0 Å². The minimum Gasteiger partial charge on any atom is -0.550 e. The maximum atomic E-state index is 11.0. The Morgan fingerprint density at radius 3 is 1.51 bits per heavy atom. The molecule has 0 aliphatic carbocycles. The smallest absolute Gasteiger partial charge is 0.216 e. The van der Waals surface area contributed by atoms with E-state index in [4.69, 9.17) is 4.74 Å². The molecule has 1 aliphatic rings. The van der Waals surface area contributed by atoms with Crippen LogP contribution in [0.25, 0.3) is 0 Å². The molecule has 0 bridgehead atoms. The molecule has 1 N–H and O–H groups in total. The van der Waals surface area contributed by atoms with Crippen molar-refractivity contribution in [3.63, 3.8) is 0 Å². The van der Waals surface area contributed by atoms with Gasteiger partial charge in [-0.05, 0) is 6.42 Å². The molecule has 0 aromatic rings. The van der Waals surface area contributed by atoms with Gasteiger partial charge in [-0.25, -0.2) is 0 Å². The second-order valence-corrected chi connectivity index (χ2v) is 12.0. The van der Waals surface area contributed by atoms with Crippen molar-refractivity contribution in [2.45, 2.75) is 160 Å². The number of rotatable bonds is 23. The van der Waals surface area contributed by atoms with Crippen molar-refractivity contribution in [2.24, 2.45) is 0 Å². The maximum absolute atomic E-state index is 11.0. The van der Waals surface area contributed by atoms with Gasteiger partial charge in [0.15, 0.2) is 0 Å². The number of morpholine rings is 1. The largest absolute Gasteiger partial charge is 0.550 e. The van der Waals surface area contributed by atoms with E-state index in [9.17, 15) is 15.0 Å². The first-order valence-corrected chi connectivity index (χ1v) is 15.2. The van der Waals surface area contributed by atoms with Gasteiger partial charge in [0.25, 0.3) is 0 Å². The average molecular weight is 498 g/mol. The first-order valence-electron chi connectivity index (χ1n) is 15.2. The Balaban J connectivity index is 1.89. The number of carbonyl (C=O) groups is 1. The quantitative estimate of drug-likeness (QED) is 0.129. The van der Waals surface area contributed by atoms with Gasteiger partial charge in [0.1, 0.15) is 19.2 Å². The van der Waals surface area contributed by atoms with Gasteiger partial charge >= 0.3 is 0 Å². The number of nitrogens with zero attached hydrogens (tertiary/aromatic N) is 1. The molecule has 208 valence electrons. The van der Waals surface area contributed by atoms with Gasteiger partial charge in [-0.2, -0.15) is 0 Å². The van der Waals surface area contributed by atoms with Crippen LogP contribution in [-0.4, -0.2) is 54.6 Å². The molecule has 5 heteroatoms. The van der Waals surface area contributed by atoms with Gasteiger partial charge in [0.2, 0.25) is 5.79 Å². The third kappa shape index (κ3) is 18.3. The van der Waals surface area contributed by atoms with Crippen molar-refractivity contribution in [3.8, 4) is 0 Å². The lowest BCUT2D eigenvalue weighted by Gasteiger charge is -2.46. The number of carboxylic acid groups (broad SMARTS) is 1. The molecule has 0 aromatic carbocycles. The van der Waals surface area contributed by atoms with Gasteiger partial charge < -0.3 is 24.2 Å². The number of hydrogen-bond acceptors (Lipinski definition) is 4. The fourth-order valence-corrected chi connectivity index (χ4v) is 5.76. The Labute approximate surface area is 217 Å². The highest BCUT2D eigenvalue weighted by Gasteiger charge is 2.44. The molecule has 0 radical (unpaired) electrons. The van der Waals surface area contributed by atoms with Crippen LogP contribution < -0.4 is 5.11 Å². The summed E-state index contributed by atoms with van der Waals surface area (Å²) in [4.78, 5) is 11.0. The van der Waals surface area contributed by atoms with E-state index >= 15 is 0 Å². The predicted molar refractivity (Wildman–Crippen MR) is 144 cm³/mol. The third-order valence-corrected chi connectivity index (χ3v) is 7.57. The zero-order valence-electron chi connectivity index (χ0n) is 23.7. The first-order chi connectivity index (χ1) is 16.8. The van der Waals surface area contributed by atoms with Gasteiger partial charge in [-0.15, -0.1) is 0 Å². The van der Waals surface area contributed by atoms with E-state index in [1.54, 1.807) is 0 Å². The highest BCUT2D eigenvalue weighted by molar-refractivity contribution is 5.64. The lowest BCUT2D eigenvalue weighted by molar-refractivity contribution is -0.915. The highest BCUT2D eigenvalue weighted by Crippen LogP contribution is 2.29. The predicted octanol–water partition coefficient (Wildman–Crippen LogP) is 6.50. The molecule has 35 heavy (non-hydrogen) atoms. The van der Waals surface area contributed by atoms with Crippen LogP contribution in [0.3, 0.4) is 0 Å². The molecule has 5 nitrogen and oxygen atoms in total. The van der Waals surface area contributed by atoms with Crippen molar-refractivity contribution in [1.82, 2.24) is 0 Å². The summed E-state index contributed by atoms with van der Waals surface area (Å²) >= 11 is 0. The van der Waals surface area contributed by atoms with Crippen LogP contribution in [-0.2, 0) is 9.53 Å². The second kappa shape index (κ2) is 19.5. The fourth-order valence-electron chi connectivity index (χ4n) is 5.76. The molecule has 1 saturated heterocycles. The summed E-state index contributed by atoms with van der Waals surface area (Å²) in [6, 6.07) is 0. The van der Waals surface area contributed by atoms with E-state index < -0.39 is 17.9 Å². The number of carboxylic acids is 1. The van der Waals surface area contributed by atoms with Crippen molar-refractivity contribution < 1.29 is 24.2 Å². The summed E-state index contributed by atoms with van der Waals surface area (Å²) in [5.41, 5.74) is 0. The number of hydrogen-bond donors (Lipinski definition) is 1. The zero-order valence-corrected chi connectivity index (χ0v) is 23.7. The molecule has 0 saturated carbocycles. The molecular formula is C30H59NO4. The Bertz CT molecular complexity index is 524. The fraction of sp³-hybridized carbons (Fsp3) is 0.967. The SMILES string of the molecule is CCCCCCCCCCCCCCCCCCCCCC[C@@]1(O)C[N+](C)(C)C[C@@H](CC(=O)[O-])O1. The summed E-state index contributed by atoms with van der Waals surface area (Å²) in [5, 5.41) is 21.8. The standard InChI is InChI=1S/C30H59NO4/c1-4-5-6-7-8-9-10-11-12-13-14-15-16-17-18-19-20-21-22-23-24-30(34)27-31(2,3)26-28(35-30)25-29(32)33/h28,34H,4-27H2,1-3H3/t28-,30+/m1/s1. The number of unbranched alkanes of at least 4 members (excludes halogenated alkanes) is 19. The first kappa shape index (κ1) is 32.4. The summed E-state index contributed by atoms with van der Waals surface area (Å²) in [5.74, 6) is -2.33. The maximum Gasteiger partial charge on any atom is 0.216 e. The number of carbonyl (C=O) groups excluding carboxylic acids is 1. The van der Waals surface area contributed by atoms with Crippen molar-refractivity contribution in [2.75, 3.05) is 27.2 Å². The van der Waals surface area contributed by atoms with Crippen LogP contribution in [0.15, 0.2) is 0 Å². The van der Waals surface area contributed by atoms with E-state index in [1.165, 1.54) is 116 Å². The minimum atomic E-state index is -1.21. The molecule has 1 fully saturated rings. The van der Waals surface area contributed by atoms with Gasteiger partial charge in [0.05, 0.1) is 14.1 Å². The van der Waals surface area contributed by atoms with E-state index in [1.807, 2.05) is 14.1 Å². The van der Waals surface area contributed by atoms with E-state index in [0.717, 1.165) is 12.8 Å². The number of aliphatic carboxylic acids is 1. The lowest BCUT2D eigenvalue weighted by Crippen LogP contribution is -2.63. The van der Waals surface area contributed by atoms with Crippen LogP contribution in [0.2, 0.25) is 0 Å². The Morgan fingerprint density at radius 1 is 0.771 bits per heavy atom. The second-order valence-electron chi connectivity index (χ2n) is 12.0. The zero-order chi connectivity index (χ0) is 25.8. The molecule has 1 heterocycles. The number of likely N-dealkylation sites (N-methyl/N-ethyl adjacent to an activating group) is 1. The molecule has 1 rings (SSSR count). The monoisotopic (exact) mass is 497 g/mol. The molecule has 0 spiro atoms. The summed E-state index contributed by atoms with van der Waals surface area (Å²) in [6.45, 7) is 3.39. The molecular weight excluding hydrogens is 438 g/mol. The Hall–Kier alpha value is -0.650. The van der Waals surface area contributed by atoms with Crippen LogP contribution in [0, 0.1) is 0 Å². The molecule has 0 amide bonds. The number of aliphatic hydroxyl groups is 1. The van der Waals surface area contributed by atoms with Crippen LogP contribution in [0.1, 0.15) is 148 Å². The lowest BCUT2D eigenvalue weighted by atomic mass is 10.0. The minimum absolute atomic E-state index is 0.150. The van der Waals surface area contributed by atoms with Crippen LogP contribution in [0.4, 0.5) is 0 Å². The van der Waals surface area contributed by atoms with Gasteiger partial charge in [-0.3, -0.25) is 0 Å². The highest BCUT2D eigenvalue weighted by atomic mass is 16.6. The van der Waals surface area contributed by atoms with Crippen LogP contribution >= 0.6 is 0 Å². The van der Waals surface area contributed by atoms with E-state index in [2.05, 4.69) is 6.92 Å².